The molecular weight excluding hydrogens is 218 g/mol. The Labute approximate surface area is 100 Å². The van der Waals surface area contributed by atoms with Crippen molar-refractivity contribution in [3.05, 3.63) is 23.8 Å². The summed E-state index contributed by atoms with van der Waals surface area (Å²) < 4.78 is 0. The van der Waals surface area contributed by atoms with Gasteiger partial charge in [0.1, 0.15) is 0 Å². The maximum absolute atomic E-state index is 12.2. The molecule has 0 unspecified atom stereocenters. The molecule has 1 aromatic carbocycles. The molecule has 17 heavy (non-hydrogen) atoms. The standard InChI is InChI=1S/C13H17NO3/c15-11-7-5-6-10(12(11)16)13(17)14-8-3-1-2-4-9-14/h5-7,15-16H,1-4,8-9H2. The Morgan fingerprint density at radius 3 is 2.35 bits per heavy atom. The Hall–Kier alpha value is -1.71. The summed E-state index contributed by atoms with van der Waals surface area (Å²) in [6.45, 7) is 1.46. The Bertz CT molecular complexity index is 409. The number of phenolic OH excluding ortho intramolecular Hbond substituents is 2. The van der Waals surface area contributed by atoms with Gasteiger partial charge in [0.05, 0.1) is 5.56 Å². The van der Waals surface area contributed by atoms with Crippen molar-refractivity contribution in [1.82, 2.24) is 4.90 Å². The van der Waals surface area contributed by atoms with Crippen LogP contribution < -0.4 is 0 Å². The van der Waals surface area contributed by atoms with Gasteiger partial charge in [-0.1, -0.05) is 18.9 Å². The summed E-state index contributed by atoms with van der Waals surface area (Å²) in [6, 6.07) is 4.48. The molecular formula is C13H17NO3. The maximum Gasteiger partial charge on any atom is 0.257 e. The zero-order chi connectivity index (χ0) is 12.3. The van der Waals surface area contributed by atoms with Crippen molar-refractivity contribution in [2.45, 2.75) is 25.7 Å². The van der Waals surface area contributed by atoms with Crippen LogP contribution in [0.5, 0.6) is 11.5 Å². The van der Waals surface area contributed by atoms with Crippen molar-refractivity contribution in [1.29, 1.82) is 0 Å². The van der Waals surface area contributed by atoms with Crippen molar-refractivity contribution < 1.29 is 15.0 Å². The first-order chi connectivity index (χ1) is 8.20. The van der Waals surface area contributed by atoms with E-state index in [0.29, 0.717) is 0 Å². The fourth-order valence-electron chi connectivity index (χ4n) is 2.15. The minimum absolute atomic E-state index is 0.187. The highest BCUT2D eigenvalue weighted by Gasteiger charge is 2.21. The number of para-hydroxylation sites is 1. The number of hydrogen-bond acceptors (Lipinski definition) is 3. The van der Waals surface area contributed by atoms with Gasteiger partial charge in [0, 0.05) is 13.1 Å². The van der Waals surface area contributed by atoms with E-state index in [9.17, 15) is 15.0 Å². The normalized spacial score (nSPS) is 16.6. The van der Waals surface area contributed by atoms with E-state index in [-0.39, 0.29) is 23.0 Å². The highest BCUT2D eigenvalue weighted by atomic mass is 16.3. The third kappa shape index (κ3) is 2.52. The van der Waals surface area contributed by atoms with Crippen LogP contribution in [0.25, 0.3) is 0 Å². The number of carbonyl (C=O) groups excluding carboxylic acids is 1. The molecule has 0 radical (unpaired) electrons. The van der Waals surface area contributed by atoms with Crippen LogP contribution in [0.4, 0.5) is 0 Å². The molecule has 0 aromatic heterocycles. The van der Waals surface area contributed by atoms with Gasteiger partial charge in [-0.05, 0) is 25.0 Å². The molecule has 0 bridgehead atoms. The summed E-state index contributed by atoms with van der Waals surface area (Å²) in [4.78, 5) is 13.9. The summed E-state index contributed by atoms with van der Waals surface area (Å²) in [5, 5.41) is 19.1. The third-order valence-electron chi connectivity index (χ3n) is 3.14. The second-order valence-corrected chi connectivity index (χ2v) is 4.38. The number of likely N-dealkylation sites (tertiary alicyclic amines) is 1. The van der Waals surface area contributed by atoms with Gasteiger partial charge in [0.2, 0.25) is 0 Å². The van der Waals surface area contributed by atoms with E-state index in [4.69, 9.17) is 0 Å². The number of benzene rings is 1. The van der Waals surface area contributed by atoms with Gasteiger partial charge in [-0.2, -0.15) is 0 Å². The fraction of sp³-hybridized carbons (Fsp3) is 0.462. The van der Waals surface area contributed by atoms with Gasteiger partial charge >= 0.3 is 0 Å². The topological polar surface area (TPSA) is 60.8 Å². The SMILES string of the molecule is O=C(c1cccc(O)c1O)N1CCCCCC1. The molecule has 4 heteroatoms. The molecule has 0 spiro atoms. The van der Waals surface area contributed by atoms with Crippen LogP contribution >= 0.6 is 0 Å². The number of nitrogens with zero attached hydrogens (tertiary/aromatic N) is 1. The Balaban J connectivity index is 2.20. The first-order valence-corrected chi connectivity index (χ1v) is 6.00. The molecule has 1 aliphatic rings. The molecule has 92 valence electrons. The summed E-state index contributed by atoms with van der Waals surface area (Å²) in [5.74, 6) is -0.757. The number of carbonyl (C=O) groups is 1. The predicted molar refractivity (Wildman–Crippen MR) is 64.1 cm³/mol. The highest BCUT2D eigenvalue weighted by molar-refractivity contribution is 5.97. The van der Waals surface area contributed by atoms with E-state index in [1.165, 1.54) is 6.07 Å². The van der Waals surface area contributed by atoms with Gasteiger partial charge in [0.15, 0.2) is 11.5 Å². The Morgan fingerprint density at radius 1 is 1.06 bits per heavy atom. The zero-order valence-corrected chi connectivity index (χ0v) is 9.72. The Morgan fingerprint density at radius 2 is 1.71 bits per heavy atom. The van der Waals surface area contributed by atoms with Gasteiger partial charge in [0.25, 0.3) is 5.91 Å². The van der Waals surface area contributed by atoms with Gasteiger partial charge in [-0.3, -0.25) is 4.79 Å². The lowest BCUT2D eigenvalue weighted by atomic mass is 10.1. The van der Waals surface area contributed by atoms with Crippen molar-refractivity contribution in [3.8, 4) is 11.5 Å². The third-order valence-corrected chi connectivity index (χ3v) is 3.14. The lowest BCUT2D eigenvalue weighted by molar-refractivity contribution is 0.0758. The van der Waals surface area contributed by atoms with Crippen LogP contribution in [0.15, 0.2) is 18.2 Å². The molecule has 1 amide bonds. The van der Waals surface area contributed by atoms with Crippen LogP contribution in [0.3, 0.4) is 0 Å². The summed E-state index contributed by atoms with van der Waals surface area (Å²) in [6.07, 6.45) is 4.31. The molecule has 0 saturated carbocycles. The van der Waals surface area contributed by atoms with Crippen molar-refractivity contribution in [2.24, 2.45) is 0 Å². The van der Waals surface area contributed by atoms with Gasteiger partial charge in [-0.25, -0.2) is 0 Å². The minimum Gasteiger partial charge on any atom is -0.504 e. The monoisotopic (exact) mass is 235 g/mol. The van der Waals surface area contributed by atoms with Crippen LogP contribution in [0.1, 0.15) is 36.0 Å². The molecule has 2 N–H and O–H groups in total. The van der Waals surface area contributed by atoms with Gasteiger partial charge < -0.3 is 15.1 Å². The van der Waals surface area contributed by atoms with Crippen molar-refractivity contribution in [2.75, 3.05) is 13.1 Å². The second kappa shape index (κ2) is 5.08. The molecule has 1 aromatic rings. The van der Waals surface area contributed by atoms with E-state index in [0.717, 1.165) is 38.8 Å². The first kappa shape index (κ1) is 11.8. The number of rotatable bonds is 1. The summed E-state index contributed by atoms with van der Waals surface area (Å²) >= 11 is 0. The molecule has 0 atom stereocenters. The average molecular weight is 235 g/mol. The lowest BCUT2D eigenvalue weighted by Gasteiger charge is -2.20. The smallest absolute Gasteiger partial charge is 0.257 e. The quantitative estimate of drug-likeness (QED) is 0.733. The minimum atomic E-state index is -0.318. The molecule has 2 rings (SSSR count). The Kier molecular flexibility index (Phi) is 3.52. The molecule has 1 fully saturated rings. The molecule has 1 heterocycles. The number of aromatic hydroxyl groups is 2. The number of phenols is 2. The predicted octanol–water partition coefficient (Wildman–Crippen LogP) is 2.11. The molecule has 1 aliphatic heterocycles. The van der Waals surface area contributed by atoms with Crippen molar-refractivity contribution in [3.63, 3.8) is 0 Å². The maximum atomic E-state index is 12.2. The van der Waals surface area contributed by atoms with Crippen LogP contribution in [-0.2, 0) is 0 Å². The molecule has 4 nitrogen and oxygen atoms in total. The fourth-order valence-corrected chi connectivity index (χ4v) is 2.15. The second-order valence-electron chi connectivity index (χ2n) is 4.38. The summed E-state index contributed by atoms with van der Waals surface area (Å²) in [5.41, 5.74) is 0.187. The first-order valence-electron chi connectivity index (χ1n) is 6.00. The zero-order valence-electron chi connectivity index (χ0n) is 9.72. The van der Waals surface area contributed by atoms with Gasteiger partial charge in [-0.15, -0.1) is 0 Å². The van der Waals surface area contributed by atoms with E-state index in [1.807, 2.05) is 0 Å². The molecule has 1 saturated heterocycles. The van der Waals surface area contributed by atoms with Crippen molar-refractivity contribution >= 4 is 5.91 Å². The van der Waals surface area contributed by atoms with Crippen LogP contribution in [0, 0.1) is 0 Å². The van der Waals surface area contributed by atoms with E-state index in [2.05, 4.69) is 0 Å². The van der Waals surface area contributed by atoms with E-state index < -0.39 is 0 Å². The van der Waals surface area contributed by atoms with Crippen LogP contribution in [0.2, 0.25) is 0 Å². The van der Waals surface area contributed by atoms with E-state index in [1.54, 1.807) is 17.0 Å². The number of hydrogen-bond donors (Lipinski definition) is 2. The van der Waals surface area contributed by atoms with Crippen LogP contribution in [-0.4, -0.2) is 34.1 Å². The largest absolute Gasteiger partial charge is 0.504 e. The summed E-state index contributed by atoms with van der Waals surface area (Å²) in [7, 11) is 0. The highest BCUT2D eigenvalue weighted by Crippen LogP contribution is 2.29. The lowest BCUT2D eigenvalue weighted by Crippen LogP contribution is -2.31. The molecule has 0 aliphatic carbocycles. The van der Waals surface area contributed by atoms with E-state index >= 15 is 0 Å². The average Bonchev–Trinajstić information content (AvgIpc) is 2.60. The number of amides is 1.